The van der Waals surface area contributed by atoms with E-state index in [1.165, 1.54) is 0 Å². The summed E-state index contributed by atoms with van der Waals surface area (Å²) >= 11 is 0. The number of aliphatic carboxylic acids is 1. The lowest BCUT2D eigenvalue weighted by Crippen LogP contribution is -2.48. The van der Waals surface area contributed by atoms with Gasteiger partial charge in [-0.05, 0) is 52.0 Å². The molecule has 0 aromatic rings. The molecule has 1 unspecified atom stereocenters. The third-order valence-electron chi connectivity index (χ3n) is 4.59. The Hall–Kier alpha value is -0.650. The summed E-state index contributed by atoms with van der Waals surface area (Å²) in [4.78, 5) is 16.4. The molecule has 5 heteroatoms. The molecule has 21 heavy (non-hydrogen) atoms. The number of rotatable bonds is 10. The Morgan fingerprint density at radius 3 is 2.24 bits per heavy atom. The highest BCUT2D eigenvalue weighted by Gasteiger charge is 2.41. The second-order valence-electron chi connectivity index (χ2n) is 5.99. The first-order valence-corrected chi connectivity index (χ1v) is 8.33. The predicted octanol–water partition coefficient (Wildman–Crippen LogP) is 1.92. The van der Waals surface area contributed by atoms with E-state index in [1.54, 1.807) is 0 Å². The monoisotopic (exact) mass is 300 g/mol. The molecule has 1 fully saturated rings. The van der Waals surface area contributed by atoms with Crippen molar-refractivity contribution < 1.29 is 14.6 Å². The highest BCUT2D eigenvalue weighted by atomic mass is 16.5. The summed E-state index contributed by atoms with van der Waals surface area (Å²) < 4.78 is 5.45. The predicted molar refractivity (Wildman–Crippen MR) is 84.6 cm³/mol. The highest BCUT2D eigenvalue weighted by molar-refractivity contribution is 5.75. The number of hydrogen-bond acceptors (Lipinski definition) is 4. The minimum Gasteiger partial charge on any atom is -0.481 e. The fourth-order valence-corrected chi connectivity index (χ4v) is 3.05. The lowest BCUT2D eigenvalue weighted by atomic mass is 9.82. The minimum atomic E-state index is -0.705. The number of hydrogen-bond donors (Lipinski definition) is 1. The fourth-order valence-electron chi connectivity index (χ4n) is 3.05. The summed E-state index contributed by atoms with van der Waals surface area (Å²) in [6.45, 7) is 13.2. The van der Waals surface area contributed by atoms with E-state index in [0.717, 1.165) is 52.0 Å². The maximum absolute atomic E-state index is 11.7. The van der Waals surface area contributed by atoms with Gasteiger partial charge in [0.2, 0.25) is 0 Å². The van der Waals surface area contributed by atoms with Gasteiger partial charge in [-0.25, -0.2) is 0 Å². The van der Waals surface area contributed by atoms with Crippen molar-refractivity contribution in [3.8, 4) is 0 Å². The van der Waals surface area contributed by atoms with E-state index in [-0.39, 0.29) is 0 Å². The minimum absolute atomic E-state index is 0.356. The molecule has 0 aliphatic carbocycles. The van der Waals surface area contributed by atoms with Crippen LogP contribution in [0, 0.1) is 5.41 Å². The van der Waals surface area contributed by atoms with E-state index in [2.05, 4.69) is 30.6 Å². The van der Waals surface area contributed by atoms with Crippen LogP contribution in [0.2, 0.25) is 0 Å². The zero-order valence-electron chi connectivity index (χ0n) is 13.9. The summed E-state index contributed by atoms with van der Waals surface area (Å²) in [6, 6.07) is 0. The zero-order valence-corrected chi connectivity index (χ0v) is 13.9. The van der Waals surface area contributed by atoms with Crippen molar-refractivity contribution in [2.75, 3.05) is 52.5 Å². The quantitative estimate of drug-likeness (QED) is 0.668. The van der Waals surface area contributed by atoms with Crippen molar-refractivity contribution in [1.29, 1.82) is 0 Å². The van der Waals surface area contributed by atoms with Gasteiger partial charge in [0.05, 0.1) is 6.61 Å². The maximum atomic E-state index is 11.7. The smallest absolute Gasteiger partial charge is 0.313 e. The summed E-state index contributed by atoms with van der Waals surface area (Å²) in [5.41, 5.74) is -0.705. The van der Waals surface area contributed by atoms with Gasteiger partial charge in [0.1, 0.15) is 5.41 Å². The van der Waals surface area contributed by atoms with Crippen LogP contribution in [0.25, 0.3) is 0 Å². The van der Waals surface area contributed by atoms with E-state index in [9.17, 15) is 9.90 Å². The first-order chi connectivity index (χ1) is 10.1. The lowest BCUT2D eigenvalue weighted by Gasteiger charge is -2.37. The molecule has 124 valence electrons. The fraction of sp³-hybridized carbons (Fsp3) is 0.938. The summed E-state index contributed by atoms with van der Waals surface area (Å²) in [5.74, 6) is -0.704. The van der Waals surface area contributed by atoms with Crippen molar-refractivity contribution >= 4 is 5.97 Å². The molecule has 0 spiro atoms. The molecular weight excluding hydrogens is 268 g/mol. The second-order valence-corrected chi connectivity index (χ2v) is 5.99. The first-order valence-electron chi connectivity index (χ1n) is 8.33. The zero-order chi connectivity index (χ0) is 15.7. The van der Waals surface area contributed by atoms with Crippen molar-refractivity contribution in [3.63, 3.8) is 0 Å². The molecule has 0 aromatic carbocycles. The molecular formula is C16H32N2O3. The molecule has 1 heterocycles. The number of nitrogens with zero attached hydrogens (tertiary/aromatic N) is 2. The molecule has 0 bridgehead atoms. The number of carbonyl (C=O) groups is 1. The van der Waals surface area contributed by atoms with Crippen molar-refractivity contribution in [1.82, 2.24) is 9.80 Å². The number of ether oxygens (including phenoxy) is 1. The van der Waals surface area contributed by atoms with Crippen LogP contribution in [0.3, 0.4) is 0 Å². The van der Waals surface area contributed by atoms with E-state index in [1.807, 2.05) is 0 Å². The van der Waals surface area contributed by atoms with Crippen LogP contribution in [0.15, 0.2) is 0 Å². The first kappa shape index (κ1) is 18.4. The van der Waals surface area contributed by atoms with E-state index in [4.69, 9.17) is 4.74 Å². The molecule has 0 saturated carbocycles. The third-order valence-corrected chi connectivity index (χ3v) is 4.59. The van der Waals surface area contributed by atoms with Crippen LogP contribution in [-0.2, 0) is 9.53 Å². The Bertz CT molecular complexity index is 300. The van der Waals surface area contributed by atoms with Crippen molar-refractivity contribution in [2.24, 2.45) is 5.41 Å². The molecule has 5 nitrogen and oxygen atoms in total. The number of carboxylic acids is 1. The van der Waals surface area contributed by atoms with Gasteiger partial charge >= 0.3 is 5.97 Å². The van der Waals surface area contributed by atoms with Crippen LogP contribution >= 0.6 is 0 Å². The van der Waals surface area contributed by atoms with Crippen LogP contribution < -0.4 is 0 Å². The van der Waals surface area contributed by atoms with Gasteiger partial charge in [0.15, 0.2) is 0 Å². The van der Waals surface area contributed by atoms with Crippen LogP contribution in [0.1, 0.15) is 40.0 Å². The van der Waals surface area contributed by atoms with Crippen LogP contribution in [0.5, 0.6) is 0 Å². The lowest BCUT2D eigenvalue weighted by molar-refractivity contribution is -0.159. The Balaban J connectivity index is 2.49. The summed E-state index contributed by atoms with van der Waals surface area (Å²) in [5, 5.41) is 9.61. The molecule has 0 amide bonds. The standard InChI is InChI=1S/C16H32N2O3/c1-4-17(5-2)10-8-11-18(6-3)13-16(15(19)20)9-7-12-21-14-16/h4-14H2,1-3H3,(H,19,20). The molecule has 1 atom stereocenters. The van der Waals surface area contributed by atoms with E-state index >= 15 is 0 Å². The van der Waals surface area contributed by atoms with Crippen molar-refractivity contribution in [3.05, 3.63) is 0 Å². The van der Waals surface area contributed by atoms with Gasteiger partial charge in [-0.3, -0.25) is 4.79 Å². The third kappa shape index (κ3) is 5.57. The van der Waals surface area contributed by atoms with E-state index in [0.29, 0.717) is 19.8 Å². The van der Waals surface area contributed by atoms with Crippen molar-refractivity contribution in [2.45, 2.75) is 40.0 Å². The Labute approximate surface area is 129 Å². The average molecular weight is 300 g/mol. The molecule has 1 aliphatic heterocycles. The van der Waals surface area contributed by atoms with Gasteiger partial charge in [0, 0.05) is 13.2 Å². The topological polar surface area (TPSA) is 53.0 Å². The average Bonchev–Trinajstić information content (AvgIpc) is 2.51. The molecule has 1 aliphatic rings. The van der Waals surface area contributed by atoms with Gasteiger partial charge in [-0.15, -0.1) is 0 Å². The van der Waals surface area contributed by atoms with Gasteiger partial charge in [-0.1, -0.05) is 20.8 Å². The summed E-state index contributed by atoms with van der Waals surface area (Å²) in [6.07, 6.45) is 2.67. The largest absolute Gasteiger partial charge is 0.481 e. The second kappa shape index (κ2) is 9.38. The maximum Gasteiger partial charge on any atom is 0.313 e. The molecule has 0 aromatic heterocycles. The van der Waals surface area contributed by atoms with Gasteiger partial charge in [0.25, 0.3) is 0 Å². The Morgan fingerprint density at radius 1 is 1.14 bits per heavy atom. The SMILES string of the molecule is CCN(CC)CCCN(CC)CC1(C(=O)O)CCCOC1. The molecule has 1 saturated heterocycles. The highest BCUT2D eigenvalue weighted by Crippen LogP contribution is 2.30. The van der Waals surface area contributed by atoms with Gasteiger partial charge < -0.3 is 19.6 Å². The summed E-state index contributed by atoms with van der Waals surface area (Å²) in [7, 11) is 0. The normalized spacial score (nSPS) is 22.9. The molecule has 0 radical (unpaired) electrons. The van der Waals surface area contributed by atoms with Crippen LogP contribution in [-0.4, -0.2) is 73.4 Å². The Morgan fingerprint density at radius 2 is 1.76 bits per heavy atom. The molecule has 1 rings (SSSR count). The number of carboxylic acid groups (broad SMARTS) is 1. The van der Waals surface area contributed by atoms with Crippen LogP contribution in [0.4, 0.5) is 0 Å². The molecule has 1 N–H and O–H groups in total. The van der Waals surface area contributed by atoms with Gasteiger partial charge in [-0.2, -0.15) is 0 Å². The Kier molecular flexibility index (Phi) is 8.22. The van der Waals surface area contributed by atoms with E-state index < -0.39 is 11.4 Å².